The number of carbonyl (C=O) groups is 3. The molecule has 2 aliphatic rings. The smallest absolute Gasteiger partial charge is 0.312 e. The lowest BCUT2D eigenvalue weighted by molar-refractivity contribution is -0.158. The molecule has 0 unspecified atom stereocenters. The molecular formula is C22H29ClN2O4. The van der Waals surface area contributed by atoms with Gasteiger partial charge in [0.15, 0.2) is 6.10 Å². The largest absolute Gasteiger partial charge is 0.452 e. The van der Waals surface area contributed by atoms with E-state index in [0.29, 0.717) is 11.6 Å². The van der Waals surface area contributed by atoms with Crippen LogP contribution < -0.4 is 5.32 Å². The van der Waals surface area contributed by atoms with Crippen molar-refractivity contribution < 1.29 is 19.1 Å². The summed E-state index contributed by atoms with van der Waals surface area (Å²) in [5.41, 5.74) is 0.840. The zero-order chi connectivity index (χ0) is 20.8. The van der Waals surface area contributed by atoms with Gasteiger partial charge >= 0.3 is 5.97 Å². The minimum absolute atomic E-state index is 0.0975. The Kier molecular flexibility index (Phi) is 7.53. The average molecular weight is 421 g/mol. The van der Waals surface area contributed by atoms with Crippen LogP contribution >= 0.6 is 11.6 Å². The summed E-state index contributed by atoms with van der Waals surface area (Å²) in [6.07, 6.45) is 5.82. The lowest BCUT2D eigenvalue weighted by atomic mass is 10.1. The minimum Gasteiger partial charge on any atom is -0.452 e. The first-order valence-corrected chi connectivity index (χ1v) is 10.8. The van der Waals surface area contributed by atoms with Crippen LogP contribution in [-0.2, 0) is 25.7 Å². The number of rotatable bonds is 6. The van der Waals surface area contributed by atoms with Crippen LogP contribution in [0, 0.1) is 5.92 Å². The standard InChI is InChI=1S/C22H29ClN2O4/c1-15(21(27)24-18-9-4-2-3-5-10-18)29-22(28)17-12-20(26)25(14-17)13-16-8-6-7-11-19(16)23/h6-8,11,15,17-18H,2-5,9-10,12-14H2,1H3,(H,24,27)/t15-,17-/m0/s1. The van der Waals surface area contributed by atoms with Gasteiger partial charge in [-0.25, -0.2) is 0 Å². The number of hydrogen-bond acceptors (Lipinski definition) is 4. The van der Waals surface area contributed by atoms with Crippen LogP contribution in [0.2, 0.25) is 5.02 Å². The van der Waals surface area contributed by atoms with Gasteiger partial charge in [-0.1, -0.05) is 55.5 Å². The van der Waals surface area contributed by atoms with E-state index in [0.717, 1.165) is 31.2 Å². The highest BCUT2D eigenvalue weighted by Crippen LogP contribution is 2.25. The van der Waals surface area contributed by atoms with Crippen molar-refractivity contribution in [3.8, 4) is 0 Å². The van der Waals surface area contributed by atoms with Crippen molar-refractivity contribution in [2.75, 3.05) is 6.54 Å². The number of likely N-dealkylation sites (tertiary alicyclic amines) is 1. The molecule has 1 N–H and O–H groups in total. The van der Waals surface area contributed by atoms with Crippen LogP contribution in [-0.4, -0.2) is 41.4 Å². The summed E-state index contributed by atoms with van der Waals surface area (Å²) >= 11 is 6.17. The van der Waals surface area contributed by atoms with Crippen molar-refractivity contribution >= 4 is 29.4 Å². The normalized spacial score (nSPS) is 21.5. The van der Waals surface area contributed by atoms with Crippen LogP contribution in [0.3, 0.4) is 0 Å². The summed E-state index contributed by atoms with van der Waals surface area (Å²) in [7, 11) is 0. The molecule has 0 spiro atoms. The Labute approximate surface area is 176 Å². The molecule has 1 heterocycles. The first kappa shape index (κ1) is 21.6. The molecule has 1 aliphatic carbocycles. The van der Waals surface area contributed by atoms with Crippen LogP contribution in [0.25, 0.3) is 0 Å². The number of ether oxygens (including phenoxy) is 1. The zero-order valence-electron chi connectivity index (χ0n) is 16.9. The lowest BCUT2D eigenvalue weighted by Gasteiger charge is -2.21. The van der Waals surface area contributed by atoms with Crippen molar-refractivity contribution in [1.82, 2.24) is 10.2 Å². The van der Waals surface area contributed by atoms with Gasteiger partial charge in [0.1, 0.15) is 0 Å². The molecule has 2 atom stereocenters. The molecule has 1 saturated carbocycles. The number of nitrogens with zero attached hydrogens (tertiary/aromatic N) is 1. The first-order chi connectivity index (χ1) is 13.9. The number of amides is 2. The molecule has 1 aromatic carbocycles. The van der Waals surface area contributed by atoms with Crippen LogP contribution in [0.1, 0.15) is 57.4 Å². The molecule has 0 aromatic heterocycles. The predicted molar refractivity (Wildman–Crippen MR) is 110 cm³/mol. The highest BCUT2D eigenvalue weighted by molar-refractivity contribution is 6.31. The maximum Gasteiger partial charge on any atom is 0.312 e. The Morgan fingerprint density at radius 3 is 2.59 bits per heavy atom. The number of benzene rings is 1. The Morgan fingerprint density at radius 2 is 1.90 bits per heavy atom. The lowest BCUT2D eigenvalue weighted by Crippen LogP contribution is -2.42. The van der Waals surface area contributed by atoms with Crippen molar-refractivity contribution in [1.29, 1.82) is 0 Å². The molecule has 29 heavy (non-hydrogen) atoms. The van der Waals surface area contributed by atoms with Crippen molar-refractivity contribution in [3.05, 3.63) is 34.9 Å². The third-order valence-electron chi connectivity index (χ3n) is 5.73. The van der Waals surface area contributed by atoms with Gasteiger partial charge in [0.2, 0.25) is 5.91 Å². The molecule has 1 saturated heterocycles. The maximum absolute atomic E-state index is 12.5. The van der Waals surface area contributed by atoms with E-state index in [4.69, 9.17) is 16.3 Å². The molecule has 0 bridgehead atoms. The molecular weight excluding hydrogens is 392 g/mol. The van der Waals surface area contributed by atoms with Crippen molar-refractivity contribution in [2.24, 2.45) is 5.92 Å². The quantitative estimate of drug-likeness (QED) is 0.564. The molecule has 2 amide bonds. The number of nitrogens with one attached hydrogen (secondary N) is 1. The van der Waals surface area contributed by atoms with E-state index < -0.39 is 18.0 Å². The Bertz CT molecular complexity index is 746. The Morgan fingerprint density at radius 1 is 1.21 bits per heavy atom. The molecule has 7 heteroatoms. The number of halogens is 1. The van der Waals surface area contributed by atoms with E-state index in [-0.39, 0.29) is 30.8 Å². The van der Waals surface area contributed by atoms with Gasteiger partial charge in [-0.2, -0.15) is 0 Å². The number of carbonyl (C=O) groups excluding carboxylic acids is 3. The second kappa shape index (κ2) is 10.1. The van der Waals surface area contributed by atoms with Crippen LogP contribution in [0.4, 0.5) is 0 Å². The van der Waals surface area contributed by atoms with E-state index in [1.165, 1.54) is 12.8 Å². The van der Waals surface area contributed by atoms with E-state index in [9.17, 15) is 14.4 Å². The van der Waals surface area contributed by atoms with E-state index >= 15 is 0 Å². The molecule has 1 aliphatic heterocycles. The van der Waals surface area contributed by atoms with Crippen molar-refractivity contribution in [2.45, 2.75) is 70.6 Å². The highest BCUT2D eigenvalue weighted by Gasteiger charge is 2.37. The molecule has 2 fully saturated rings. The summed E-state index contributed by atoms with van der Waals surface area (Å²) in [5, 5.41) is 3.60. The second-order valence-corrected chi connectivity index (χ2v) is 8.45. The highest BCUT2D eigenvalue weighted by atomic mass is 35.5. The van der Waals surface area contributed by atoms with E-state index in [1.54, 1.807) is 17.9 Å². The van der Waals surface area contributed by atoms with Crippen LogP contribution in [0.5, 0.6) is 0 Å². The summed E-state index contributed by atoms with van der Waals surface area (Å²) in [6, 6.07) is 7.49. The average Bonchev–Trinajstić information content (AvgIpc) is 2.89. The first-order valence-electron chi connectivity index (χ1n) is 10.5. The van der Waals surface area contributed by atoms with Gasteiger partial charge in [-0.3, -0.25) is 14.4 Å². The van der Waals surface area contributed by atoms with Crippen LogP contribution in [0.15, 0.2) is 24.3 Å². The predicted octanol–water partition coefficient (Wildman–Crippen LogP) is 3.46. The van der Waals surface area contributed by atoms with Gasteiger partial charge in [0, 0.05) is 30.6 Å². The van der Waals surface area contributed by atoms with E-state index in [2.05, 4.69) is 5.32 Å². The Hall–Kier alpha value is -2.08. The van der Waals surface area contributed by atoms with Gasteiger partial charge < -0.3 is 15.0 Å². The third kappa shape index (κ3) is 5.95. The molecule has 158 valence electrons. The van der Waals surface area contributed by atoms with Gasteiger partial charge in [0.05, 0.1) is 5.92 Å². The molecule has 0 radical (unpaired) electrons. The molecule has 3 rings (SSSR count). The number of hydrogen-bond donors (Lipinski definition) is 1. The summed E-state index contributed by atoms with van der Waals surface area (Å²) in [4.78, 5) is 38.8. The number of esters is 1. The van der Waals surface area contributed by atoms with Gasteiger partial charge in [0.25, 0.3) is 5.91 Å². The SMILES string of the molecule is C[C@H](OC(=O)[C@H]1CC(=O)N(Cc2ccccc2Cl)C1)C(=O)NC1CCCCCC1. The fourth-order valence-electron chi connectivity index (χ4n) is 3.98. The minimum atomic E-state index is -0.863. The summed E-state index contributed by atoms with van der Waals surface area (Å²) in [5.74, 6) is -1.42. The molecule has 1 aromatic rings. The fourth-order valence-corrected chi connectivity index (χ4v) is 4.18. The molecule has 6 nitrogen and oxygen atoms in total. The summed E-state index contributed by atoms with van der Waals surface area (Å²) in [6.45, 7) is 2.22. The maximum atomic E-state index is 12.5. The van der Waals surface area contributed by atoms with E-state index in [1.807, 2.05) is 18.2 Å². The van der Waals surface area contributed by atoms with Crippen molar-refractivity contribution in [3.63, 3.8) is 0 Å². The monoisotopic (exact) mass is 420 g/mol. The second-order valence-electron chi connectivity index (χ2n) is 8.04. The third-order valence-corrected chi connectivity index (χ3v) is 6.10. The topological polar surface area (TPSA) is 75.7 Å². The fraction of sp³-hybridized carbons (Fsp3) is 0.591. The summed E-state index contributed by atoms with van der Waals surface area (Å²) < 4.78 is 5.38. The van der Waals surface area contributed by atoms with Gasteiger partial charge in [-0.05, 0) is 31.4 Å². The Balaban J connectivity index is 1.49. The van der Waals surface area contributed by atoms with Gasteiger partial charge in [-0.15, -0.1) is 0 Å². The zero-order valence-corrected chi connectivity index (χ0v) is 17.6.